The minimum absolute atomic E-state index is 0. The maximum Gasteiger partial charge on any atom is 0.277 e. The molecule has 0 saturated carbocycles. The van der Waals surface area contributed by atoms with E-state index >= 15 is 0 Å². The Morgan fingerprint density at radius 3 is 2.61 bits per heavy atom. The van der Waals surface area contributed by atoms with Gasteiger partial charge in [0.1, 0.15) is 11.5 Å². The van der Waals surface area contributed by atoms with Gasteiger partial charge in [0.2, 0.25) is 0 Å². The summed E-state index contributed by atoms with van der Waals surface area (Å²) in [6, 6.07) is 5.13. The van der Waals surface area contributed by atoms with Gasteiger partial charge in [-0.3, -0.25) is 4.79 Å². The van der Waals surface area contributed by atoms with Gasteiger partial charge in [-0.15, -0.1) is 29.9 Å². The second-order valence-corrected chi connectivity index (χ2v) is 6.85. The van der Waals surface area contributed by atoms with E-state index in [-0.39, 0.29) is 42.2 Å². The van der Waals surface area contributed by atoms with E-state index in [4.69, 9.17) is 0 Å². The van der Waals surface area contributed by atoms with E-state index < -0.39 is 11.7 Å². The van der Waals surface area contributed by atoms with Crippen LogP contribution in [0.15, 0.2) is 24.4 Å². The molecule has 4 rings (SSSR count). The van der Waals surface area contributed by atoms with Crippen LogP contribution >= 0.6 is 24.8 Å². The van der Waals surface area contributed by atoms with Crippen LogP contribution in [0, 0.1) is 5.82 Å². The van der Waals surface area contributed by atoms with Crippen molar-refractivity contribution in [2.75, 3.05) is 36.4 Å². The van der Waals surface area contributed by atoms with E-state index in [1.807, 2.05) is 6.07 Å². The fourth-order valence-electron chi connectivity index (χ4n) is 3.67. The van der Waals surface area contributed by atoms with Gasteiger partial charge in [0.25, 0.3) is 5.91 Å². The number of piperidine rings is 1. The highest BCUT2D eigenvalue weighted by Gasteiger charge is 2.22. The number of rotatable bonds is 4. The summed E-state index contributed by atoms with van der Waals surface area (Å²) in [5.74, 6) is -0.871. The van der Waals surface area contributed by atoms with Crippen LogP contribution in [0.1, 0.15) is 42.2 Å². The van der Waals surface area contributed by atoms with Crippen molar-refractivity contribution in [2.45, 2.75) is 31.7 Å². The Morgan fingerprint density at radius 1 is 1.18 bits per heavy atom. The molecular weight excluding hydrogens is 406 g/mol. The van der Waals surface area contributed by atoms with Gasteiger partial charge in [0.05, 0.1) is 17.9 Å². The number of hydrogen-bond acceptors (Lipinski definition) is 5. The molecule has 2 fully saturated rings. The number of halogens is 3. The number of hydrogen-bond donors (Lipinski definition) is 2. The number of carbonyl (C=O) groups excluding carboxylic acids is 1. The number of benzene rings is 1. The van der Waals surface area contributed by atoms with Crippen LogP contribution in [0.5, 0.6) is 0 Å². The standard InChI is InChI=1S/C18H23FN6O.2ClH/c19-14-4-3-5-16(24-10-1-2-11-24)17(14)21-18(26)15-12-25(23-22-15)13-6-8-20-9-7-13;;/h3-5,12-13,20H,1-2,6-11H2,(H,21,26);2*1H. The first-order valence-corrected chi connectivity index (χ1v) is 9.20. The molecule has 0 unspecified atom stereocenters. The van der Waals surface area contributed by atoms with E-state index in [1.165, 1.54) is 6.07 Å². The lowest BCUT2D eigenvalue weighted by Crippen LogP contribution is -2.29. The van der Waals surface area contributed by atoms with Gasteiger partial charge in [-0.05, 0) is 50.9 Å². The third-order valence-electron chi connectivity index (χ3n) is 5.10. The number of para-hydroxylation sites is 1. The summed E-state index contributed by atoms with van der Waals surface area (Å²) in [5.41, 5.74) is 1.15. The molecule has 1 amide bonds. The zero-order valence-corrected chi connectivity index (χ0v) is 17.1. The lowest BCUT2D eigenvalue weighted by molar-refractivity contribution is 0.102. The minimum Gasteiger partial charge on any atom is -0.370 e. The van der Waals surface area contributed by atoms with Crippen molar-refractivity contribution >= 4 is 42.1 Å². The lowest BCUT2D eigenvalue weighted by atomic mass is 10.1. The molecule has 1 aromatic heterocycles. The second-order valence-electron chi connectivity index (χ2n) is 6.85. The summed E-state index contributed by atoms with van der Waals surface area (Å²) in [6.45, 7) is 3.61. The molecule has 2 N–H and O–H groups in total. The van der Waals surface area contributed by atoms with Crippen molar-refractivity contribution < 1.29 is 9.18 Å². The quantitative estimate of drug-likeness (QED) is 0.779. The zero-order valence-electron chi connectivity index (χ0n) is 15.4. The molecule has 0 aliphatic carbocycles. The van der Waals surface area contributed by atoms with E-state index in [1.54, 1.807) is 16.9 Å². The first-order valence-electron chi connectivity index (χ1n) is 9.20. The fraction of sp³-hybridized carbons (Fsp3) is 0.500. The van der Waals surface area contributed by atoms with Gasteiger partial charge in [0, 0.05) is 13.1 Å². The molecule has 28 heavy (non-hydrogen) atoms. The number of nitrogens with one attached hydrogen (secondary N) is 2. The number of carbonyl (C=O) groups is 1. The molecule has 3 heterocycles. The number of aromatic nitrogens is 3. The first-order chi connectivity index (χ1) is 12.7. The predicted molar refractivity (Wildman–Crippen MR) is 111 cm³/mol. The van der Waals surface area contributed by atoms with Gasteiger partial charge in [-0.2, -0.15) is 0 Å². The highest BCUT2D eigenvalue weighted by molar-refractivity contribution is 6.04. The fourth-order valence-corrected chi connectivity index (χ4v) is 3.67. The summed E-state index contributed by atoms with van der Waals surface area (Å²) in [5, 5.41) is 14.1. The summed E-state index contributed by atoms with van der Waals surface area (Å²) in [7, 11) is 0. The Hall–Kier alpha value is -1.90. The molecule has 0 spiro atoms. The topological polar surface area (TPSA) is 75.1 Å². The second kappa shape index (κ2) is 10.0. The summed E-state index contributed by atoms with van der Waals surface area (Å²) >= 11 is 0. The van der Waals surface area contributed by atoms with E-state index in [9.17, 15) is 9.18 Å². The van der Waals surface area contributed by atoms with Crippen LogP contribution in [-0.2, 0) is 0 Å². The minimum atomic E-state index is -0.437. The van der Waals surface area contributed by atoms with Gasteiger partial charge in [-0.1, -0.05) is 11.3 Å². The van der Waals surface area contributed by atoms with Crippen molar-refractivity contribution in [3.8, 4) is 0 Å². The highest BCUT2D eigenvalue weighted by Crippen LogP contribution is 2.31. The maximum atomic E-state index is 14.4. The van der Waals surface area contributed by atoms with Gasteiger partial charge >= 0.3 is 0 Å². The molecule has 154 valence electrons. The van der Waals surface area contributed by atoms with E-state index in [2.05, 4.69) is 25.8 Å². The van der Waals surface area contributed by atoms with Crippen LogP contribution < -0.4 is 15.5 Å². The van der Waals surface area contributed by atoms with Crippen molar-refractivity contribution in [2.24, 2.45) is 0 Å². The van der Waals surface area contributed by atoms with E-state index in [0.717, 1.165) is 57.5 Å². The van der Waals surface area contributed by atoms with Gasteiger partial charge in [0.15, 0.2) is 5.69 Å². The van der Waals surface area contributed by atoms with Crippen molar-refractivity contribution in [3.05, 3.63) is 35.9 Å². The molecule has 1 aromatic carbocycles. The zero-order chi connectivity index (χ0) is 17.9. The summed E-state index contributed by atoms with van der Waals surface area (Å²) < 4.78 is 16.1. The van der Waals surface area contributed by atoms with Crippen LogP contribution in [0.2, 0.25) is 0 Å². The Labute approximate surface area is 175 Å². The van der Waals surface area contributed by atoms with Gasteiger partial charge in [-0.25, -0.2) is 9.07 Å². The van der Waals surface area contributed by atoms with Crippen LogP contribution in [0.3, 0.4) is 0 Å². The molecule has 2 aliphatic rings. The third-order valence-corrected chi connectivity index (χ3v) is 5.10. The SMILES string of the molecule is Cl.Cl.O=C(Nc1c(F)cccc1N1CCCC1)c1cn(C2CCNCC2)nn1. The number of nitrogens with zero attached hydrogens (tertiary/aromatic N) is 4. The molecule has 0 atom stereocenters. The summed E-state index contributed by atoms with van der Waals surface area (Å²) in [6.07, 6.45) is 5.72. The monoisotopic (exact) mass is 430 g/mol. The number of anilines is 2. The molecule has 2 aromatic rings. The molecule has 10 heteroatoms. The van der Waals surface area contributed by atoms with Crippen LogP contribution in [0.25, 0.3) is 0 Å². The largest absolute Gasteiger partial charge is 0.370 e. The maximum absolute atomic E-state index is 14.4. The number of amides is 1. The van der Waals surface area contributed by atoms with Crippen molar-refractivity contribution in [3.63, 3.8) is 0 Å². The molecule has 2 aliphatic heterocycles. The Morgan fingerprint density at radius 2 is 1.89 bits per heavy atom. The van der Waals surface area contributed by atoms with Crippen LogP contribution in [-0.4, -0.2) is 47.1 Å². The molecular formula is C18H25Cl2FN6O. The van der Waals surface area contributed by atoms with Crippen molar-refractivity contribution in [1.82, 2.24) is 20.3 Å². The average molecular weight is 431 g/mol. The Kier molecular flexibility index (Phi) is 8.03. The molecule has 2 saturated heterocycles. The molecule has 7 nitrogen and oxygen atoms in total. The third kappa shape index (κ3) is 4.74. The molecule has 0 bridgehead atoms. The lowest BCUT2D eigenvalue weighted by Gasteiger charge is -2.22. The smallest absolute Gasteiger partial charge is 0.277 e. The van der Waals surface area contributed by atoms with E-state index in [0.29, 0.717) is 0 Å². The normalized spacial score (nSPS) is 17.0. The van der Waals surface area contributed by atoms with Crippen LogP contribution in [0.4, 0.5) is 15.8 Å². The molecule has 0 radical (unpaired) electrons. The highest BCUT2D eigenvalue weighted by atomic mass is 35.5. The Balaban J connectivity index is 0.00000140. The van der Waals surface area contributed by atoms with Gasteiger partial charge < -0.3 is 15.5 Å². The first kappa shape index (κ1) is 22.4. The predicted octanol–water partition coefficient (Wildman–Crippen LogP) is 3.04. The van der Waals surface area contributed by atoms with Crippen molar-refractivity contribution in [1.29, 1.82) is 0 Å². The summed E-state index contributed by atoms with van der Waals surface area (Å²) in [4.78, 5) is 14.7. The Bertz CT molecular complexity index is 790. The average Bonchev–Trinajstić information content (AvgIpc) is 3.36.